The van der Waals surface area contributed by atoms with Gasteiger partial charge in [-0.05, 0) is 12.8 Å². The van der Waals surface area contributed by atoms with E-state index in [-0.39, 0.29) is 11.1 Å². The summed E-state index contributed by atoms with van der Waals surface area (Å²) >= 11 is 5.71. The van der Waals surface area contributed by atoms with Gasteiger partial charge < -0.3 is 4.98 Å². The molecule has 1 saturated carbocycles. The molecule has 5 nitrogen and oxygen atoms in total. The molecule has 1 fully saturated rings. The lowest BCUT2D eigenvalue weighted by Gasteiger charge is -2.26. The van der Waals surface area contributed by atoms with Crippen LogP contribution in [0.4, 0.5) is 0 Å². The summed E-state index contributed by atoms with van der Waals surface area (Å²) in [6.07, 6.45) is 6.73. The number of aromatic nitrogens is 2. The number of alkyl halides is 1. The number of rotatable bonds is 5. The molecule has 17 heavy (non-hydrogen) atoms. The van der Waals surface area contributed by atoms with Crippen LogP contribution in [0.2, 0.25) is 0 Å². The fraction of sp³-hybridized carbons (Fsp3) is 0.700. The minimum Gasteiger partial charge on any atom is -0.335 e. The molecule has 0 spiro atoms. The Bertz CT molecular complexity index is 440. The van der Waals surface area contributed by atoms with Crippen molar-refractivity contribution < 1.29 is 8.42 Å². The number of H-pyrrole nitrogens is 1. The van der Waals surface area contributed by atoms with Crippen LogP contribution in [0, 0.1) is 0 Å². The van der Waals surface area contributed by atoms with E-state index in [1.807, 2.05) is 0 Å². The number of sulfonamides is 1. The van der Waals surface area contributed by atoms with E-state index in [0.717, 1.165) is 25.7 Å². The van der Waals surface area contributed by atoms with Crippen molar-refractivity contribution in [2.75, 3.05) is 12.4 Å². The molecule has 1 aliphatic rings. The molecule has 1 N–H and O–H groups in total. The first-order valence-corrected chi connectivity index (χ1v) is 7.70. The molecule has 0 bridgehead atoms. The molecule has 1 aromatic rings. The van der Waals surface area contributed by atoms with E-state index < -0.39 is 10.0 Å². The summed E-state index contributed by atoms with van der Waals surface area (Å²) < 4.78 is 26.2. The van der Waals surface area contributed by atoms with Gasteiger partial charge in [-0.1, -0.05) is 12.8 Å². The highest BCUT2D eigenvalue weighted by molar-refractivity contribution is 7.89. The second-order valence-electron chi connectivity index (χ2n) is 4.16. The average Bonchev–Trinajstić information content (AvgIpc) is 2.97. The van der Waals surface area contributed by atoms with Crippen LogP contribution >= 0.6 is 11.6 Å². The quantitative estimate of drug-likeness (QED) is 0.831. The van der Waals surface area contributed by atoms with Crippen molar-refractivity contribution in [3.8, 4) is 0 Å². The molecule has 0 atom stereocenters. The molecule has 7 heteroatoms. The second-order valence-corrected chi connectivity index (χ2v) is 6.40. The number of nitrogens with zero attached hydrogens (tertiary/aromatic N) is 2. The summed E-state index contributed by atoms with van der Waals surface area (Å²) in [6.45, 7) is 0.355. The Morgan fingerprint density at radius 2 is 2.18 bits per heavy atom. The molecule has 1 aliphatic carbocycles. The summed E-state index contributed by atoms with van der Waals surface area (Å²) in [4.78, 5) is 6.42. The first kappa shape index (κ1) is 12.9. The topological polar surface area (TPSA) is 66.1 Å². The zero-order chi connectivity index (χ0) is 12.3. The molecule has 1 heterocycles. The van der Waals surface area contributed by atoms with Crippen LogP contribution in [0.5, 0.6) is 0 Å². The van der Waals surface area contributed by atoms with Crippen molar-refractivity contribution >= 4 is 21.6 Å². The van der Waals surface area contributed by atoms with Gasteiger partial charge in [0.15, 0.2) is 5.03 Å². The van der Waals surface area contributed by atoms with E-state index in [2.05, 4.69) is 9.97 Å². The molecule has 0 radical (unpaired) electrons. The van der Waals surface area contributed by atoms with Gasteiger partial charge in [0.05, 0.1) is 12.5 Å². The largest absolute Gasteiger partial charge is 0.335 e. The van der Waals surface area contributed by atoms with E-state index in [1.54, 1.807) is 0 Å². The summed E-state index contributed by atoms with van der Waals surface area (Å²) in [5.74, 6) is 0.309. The number of halogens is 1. The highest BCUT2D eigenvalue weighted by atomic mass is 35.5. The van der Waals surface area contributed by atoms with Crippen molar-refractivity contribution in [3.05, 3.63) is 12.5 Å². The van der Waals surface area contributed by atoms with E-state index in [1.165, 1.54) is 16.8 Å². The van der Waals surface area contributed by atoms with Crippen molar-refractivity contribution in [2.45, 2.75) is 36.8 Å². The van der Waals surface area contributed by atoms with Gasteiger partial charge in [0.1, 0.15) is 0 Å². The summed E-state index contributed by atoms with van der Waals surface area (Å²) in [5.41, 5.74) is 0. The van der Waals surface area contributed by atoms with Crippen LogP contribution < -0.4 is 0 Å². The maximum Gasteiger partial charge on any atom is 0.260 e. The Balaban J connectivity index is 2.26. The van der Waals surface area contributed by atoms with Gasteiger partial charge in [0, 0.05) is 18.5 Å². The molecule has 1 aromatic heterocycles. The molecular weight excluding hydrogens is 262 g/mol. The van der Waals surface area contributed by atoms with Crippen LogP contribution in [0.1, 0.15) is 25.7 Å². The Morgan fingerprint density at radius 1 is 1.47 bits per heavy atom. The Morgan fingerprint density at radius 3 is 2.71 bits per heavy atom. The lowest BCUT2D eigenvalue weighted by Crippen LogP contribution is -2.40. The van der Waals surface area contributed by atoms with E-state index in [0.29, 0.717) is 12.4 Å². The van der Waals surface area contributed by atoms with Crippen LogP contribution in [0.15, 0.2) is 17.6 Å². The zero-order valence-corrected chi connectivity index (χ0v) is 11.0. The predicted octanol–water partition coefficient (Wildman–Crippen LogP) is 1.58. The lowest BCUT2D eigenvalue weighted by molar-refractivity contribution is 0.336. The number of hydrogen-bond acceptors (Lipinski definition) is 3. The minimum atomic E-state index is -3.47. The number of hydrogen-bond donors (Lipinski definition) is 1. The van der Waals surface area contributed by atoms with Gasteiger partial charge in [-0.25, -0.2) is 13.4 Å². The van der Waals surface area contributed by atoms with Crippen molar-refractivity contribution in [2.24, 2.45) is 0 Å². The Kier molecular flexibility index (Phi) is 4.06. The molecule has 0 amide bonds. The number of imidazole rings is 1. The third-order valence-corrected chi connectivity index (χ3v) is 5.14. The molecule has 0 saturated heterocycles. The summed E-state index contributed by atoms with van der Waals surface area (Å²) in [5, 5.41) is 0.148. The second kappa shape index (κ2) is 5.37. The molecule has 96 valence electrons. The standard InChI is InChI=1S/C10H16ClN3O2S/c11-5-6-14(9-3-1-2-4-9)17(15,16)10-7-12-8-13-10/h7-9H,1-6H2,(H,12,13). The van der Waals surface area contributed by atoms with E-state index in [9.17, 15) is 8.42 Å². The predicted molar refractivity (Wildman–Crippen MR) is 65.5 cm³/mol. The van der Waals surface area contributed by atoms with Crippen molar-refractivity contribution in [3.63, 3.8) is 0 Å². The fourth-order valence-electron chi connectivity index (χ4n) is 2.29. The van der Waals surface area contributed by atoms with E-state index >= 15 is 0 Å². The molecular formula is C10H16ClN3O2S. The number of aromatic amines is 1. The average molecular weight is 278 g/mol. The smallest absolute Gasteiger partial charge is 0.260 e. The van der Waals surface area contributed by atoms with Crippen molar-refractivity contribution in [1.82, 2.24) is 14.3 Å². The van der Waals surface area contributed by atoms with Gasteiger partial charge in [0.2, 0.25) is 0 Å². The number of nitrogens with one attached hydrogen (secondary N) is 1. The maximum absolute atomic E-state index is 12.4. The third-order valence-electron chi connectivity index (χ3n) is 3.10. The van der Waals surface area contributed by atoms with Gasteiger partial charge in [-0.15, -0.1) is 11.6 Å². The van der Waals surface area contributed by atoms with Crippen molar-refractivity contribution in [1.29, 1.82) is 0 Å². The SMILES string of the molecule is O=S(=O)(c1cnc[nH]1)N(CCCl)C1CCCC1. The van der Waals surface area contributed by atoms with Gasteiger partial charge >= 0.3 is 0 Å². The minimum absolute atomic E-state index is 0.0852. The molecule has 0 aliphatic heterocycles. The maximum atomic E-state index is 12.4. The van der Waals surface area contributed by atoms with Crippen LogP contribution in [0.3, 0.4) is 0 Å². The monoisotopic (exact) mass is 277 g/mol. The van der Waals surface area contributed by atoms with Gasteiger partial charge in [-0.2, -0.15) is 4.31 Å². The first-order valence-electron chi connectivity index (χ1n) is 5.72. The summed E-state index contributed by atoms with van der Waals surface area (Å²) in [7, 11) is -3.47. The van der Waals surface area contributed by atoms with E-state index in [4.69, 9.17) is 11.6 Å². The van der Waals surface area contributed by atoms with Gasteiger partial charge in [-0.3, -0.25) is 0 Å². The Labute approximate surface area is 106 Å². The molecule has 0 unspecified atom stereocenters. The first-order chi connectivity index (χ1) is 8.16. The fourth-order valence-corrected chi connectivity index (χ4v) is 4.15. The van der Waals surface area contributed by atoms with Crippen LogP contribution in [-0.2, 0) is 10.0 Å². The normalized spacial score (nSPS) is 18.0. The zero-order valence-electron chi connectivity index (χ0n) is 9.47. The highest BCUT2D eigenvalue weighted by Gasteiger charge is 2.33. The highest BCUT2D eigenvalue weighted by Crippen LogP contribution is 2.27. The third kappa shape index (κ3) is 2.64. The van der Waals surface area contributed by atoms with Gasteiger partial charge in [0.25, 0.3) is 10.0 Å². The Hall–Kier alpha value is -0.590. The summed E-state index contributed by atoms with van der Waals surface area (Å²) in [6, 6.07) is 0.0852. The molecule has 2 rings (SSSR count). The van der Waals surface area contributed by atoms with Crippen LogP contribution in [-0.4, -0.2) is 41.2 Å². The molecule has 0 aromatic carbocycles. The van der Waals surface area contributed by atoms with Crippen LogP contribution in [0.25, 0.3) is 0 Å². The lowest BCUT2D eigenvalue weighted by atomic mass is 10.2.